The molecule has 1 atom stereocenters. The summed E-state index contributed by atoms with van der Waals surface area (Å²) in [5.74, 6) is 0.203. The molecule has 0 saturated heterocycles. The number of carbonyl (C=O) groups excluding carboxylic acids is 2. The van der Waals surface area contributed by atoms with Crippen molar-refractivity contribution in [3.8, 4) is 5.75 Å². The summed E-state index contributed by atoms with van der Waals surface area (Å²) in [6.45, 7) is 8.59. The number of ether oxygens (including phenoxy) is 1. The maximum atomic E-state index is 13.1. The smallest absolute Gasteiger partial charge is 0.261 e. The Morgan fingerprint density at radius 2 is 1.90 bits per heavy atom. The number of nitrogens with one attached hydrogen (secondary N) is 1. The third kappa shape index (κ3) is 6.77. The van der Waals surface area contributed by atoms with E-state index >= 15 is 0 Å². The van der Waals surface area contributed by atoms with Crippen molar-refractivity contribution in [3.63, 3.8) is 0 Å². The standard InChI is InChI=1S/C24H31ClN2O3/c1-5-12-26-24(29)22(6-2)27(15-19-9-7-8-17(3)13-19)23(28)16-30-20-10-11-21(25)18(4)14-20/h7-11,13-14,22H,5-6,12,15-16H2,1-4H3,(H,26,29)/t22-/m1/s1. The van der Waals surface area contributed by atoms with Crippen LogP contribution in [0.1, 0.15) is 43.4 Å². The molecule has 2 amide bonds. The first-order valence-corrected chi connectivity index (χ1v) is 10.7. The van der Waals surface area contributed by atoms with Gasteiger partial charge >= 0.3 is 0 Å². The molecule has 0 radical (unpaired) electrons. The lowest BCUT2D eigenvalue weighted by molar-refractivity contribution is -0.143. The number of hydrogen-bond donors (Lipinski definition) is 1. The van der Waals surface area contributed by atoms with Crippen molar-refractivity contribution in [3.05, 3.63) is 64.2 Å². The molecule has 0 unspecified atom stereocenters. The second-order valence-electron chi connectivity index (χ2n) is 7.43. The number of amides is 2. The van der Waals surface area contributed by atoms with Gasteiger partial charge in [0.15, 0.2) is 6.61 Å². The number of hydrogen-bond acceptors (Lipinski definition) is 3. The summed E-state index contributed by atoms with van der Waals surface area (Å²) in [5, 5.41) is 3.56. The molecule has 30 heavy (non-hydrogen) atoms. The second kappa shape index (κ2) is 11.6. The molecule has 0 aliphatic rings. The quantitative estimate of drug-likeness (QED) is 0.595. The van der Waals surface area contributed by atoms with Gasteiger partial charge in [0.05, 0.1) is 0 Å². The highest BCUT2D eigenvalue weighted by Gasteiger charge is 2.28. The summed E-state index contributed by atoms with van der Waals surface area (Å²) in [7, 11) is 0. The first-order chi connectivity index (χ1) is 14.3. The Morgan fingerprint density at radius 1 is 1.13 bits per heavy atom. The maximum absolute atomic E-state index is 13.1. The van der Waals surface area contributed by atoms with Crippen LogP contribution in [0.2, 0.25) is 5.02 Å². The van der Waals surface area contributed by atoms with Crippen LogP contribution in [0.5, 0.6) is 5.75 Å². The van der Waals surface area contributed by atoms with Gasteiger partial charge in [0.25, 0.3) is 5.91 Å². The minimum absolute atomic E-state index is 0.136. The summed E-state index contributed by atoms with van der Waals surface area (Å²) in [6, 6.07) is 12.7. The average molecular weight is 431 g/mol. The molecule has 162 valence electrons. The van der Waals surface area contributed by atoms with Crippen molar-refractivity contribution in [2.45, 2.75) is 53.1 Å². The predicted octanol–water partition coefficient (Wildman–Crippen LogP) is 4.67. The number of benzene rings is 2. The van der Waals surface area contributed by atoms with Gasteiger partial charge in [-0.1, -0.05) is 55.3 Å². The zero-order valence-corrected chi connectivity index (χ0v) is 19.0. The van der Waals surface area contributed by atoms with Crippen LogP contribution >= 0.6 is 11.6 Å². The molecule has 2 aromatic rings. The highest BCUT2D eigenvalue weighted by atomic mass is 35.5. The minimum atomic E-state index is -0.555. The molecular formula is C24H31ClN2O3. The van der Waals surface area contributed by atoms with Crippen LogP contribution in [0, 0.1) is 13.8 Å². The summed E-state index contributed by atoms with van der Waals surface area (Å²) >= 11 is 6.06. The lowest BCUT2D eigenvalue weighted by atomic mass is 10.1. The Bertz CT molecular complexity index is 869. The molecule has 5 nitrogen and oxygen atoms in total. The van der Waals surface area contributed by atoms with E-state index in [0.717, 1.165) is 23.1 Å². The SMILES string of the molecule is CCCNC(=O)[C@@H](CC)N(Cc1cccc(C)c1)C(=O)COc1ccc(Cl)c(C)c1. The fourth-order valence-electron chi connectivity index (χ4n) is 3.23. The lowest BCUT2D eigenvalue weighted by Crippen LogP contribution is -2.50. The van der Waals surface area contributed by atoms with E-state index < -0.39 is 6.04 Å². The van der Waals surface area contributed by atoms with Gasteiger partial charge in [0.1, 0.15) is 11.8 Å². The Hall–Kier alpha value is -2.53. The van der Waals surface area contributed by atoms with Gasteiger partial charge < -0.3 is 15.0 Å². The first kappa shape index (κ1) is 23.7. The molecule has 0 saturated carbocycles. The van der Waals surface area contributed by atoms with Crippen LogP contribution in [-0.2, 0) is 16.1 Å². The topological polar surface area (TPSA) is 58.6 Å². The van der Waals surface area contributed by atoms with Crippen molar-refractivity contribution in [2.75, 3.05) is 13.2 Å². The number of rotatable bonds is 10. The van der Waals surface area contributed by atoms with E-state index in [-0.39, 0.29) is 18.4 Å². The third-order valence-corrected chi connectivity index (χ3v) is 5.29. The first-order valence-electron chi connectivity index (χ1n) is 10.4. The fourth-order valence-corrected chi connectivity index (χ4v) is 3.35. The van der Waals surface area contributed by atoms with Crippen LogP contribution in [0.25, 0.3) is 0 Å². The molecular weight excluding hydrogens is 400 g/mol. The summed E-state index contributed by atoms with van der Waals surface area (Å²) in [5.41, 5.74) is 2.97. The molecule has 0 aliphatic carbocycles. The van der Waals surface area contributed by atoms with Gasteiger partial charge in [-0.3, -0.25) is 9.59 Å². The lowest BCUT2D eigenvalue weighted by Gasteiger charge is -2.30. The number of carbonyl (C=O) groups is 2. The maximum Gasteiger partial charge on any atom is 0.261 e. The molecule has 2 rings (SSSR count). The van der Waals surface area contributed by atoms with Crippen LogP contribution in [0.3, 0.4) is 0 Å². The fraction of sp³-hybridized carbons (Fsp3) is 0.417. The highest BCUT2D eigenvalue weighted by molar-refractivity contribution is 6.31. The molecule has 0 fully saturated rings. The van der Waals surface area contributed by atoms with Crippen LogP contribution in [0.4, 0.5) is 0 Å². The van der Waals surface area contributed by atoms with E-state index in [1.165, 1.54) is 0 Å². The molecule has 0 bridgehead atoms. The summed E-state index contributed by atoms with van der Waals surface area (Å²) in [4.78, 5) is 27.5. The van der Waals surface area contributed by atoms with Crippen molar-refractivity contribution in [1.29, 1.82) is 0 Å². The van der Waals surface area contributed by atoms with E-state index in [1.54, 1.807) is 23.1 Å². The van der Waals surface area contributed by atoms with Gasteiger partial charge in [0.2, 0.25) is 5.91 Å². The minimum Gasteiger partial charge on any atom is -0.484 e. The van der Waals surface area contributed by atoms with Crippen molar-refractivity contribution < 1.29 is 14.3 Å². The van der Waals surface area contributed by atoms with E-state index in [4.69, 9.17) is 16.3 Å². The molecule has 0 aromatic heterocycles. The number of nitrogens with zero attached hydrogens (tertiary/aromatic N) is 1. The number of aryl methyl sites for hydroxylation is 2. The third-order valence-electron chi connectivity index (χ3n) is 4.86. The van der Waals surface area contributed by atoms with Gasteiger partial charge in [0, 0.05) is 18.1 Å². The van der Waals surface area contributed by atoms with Crippen molar-refractivity contribution >= 4 is 23.4 Å². The Morgan fingerprint density at radius 3 is 2.53 bits per heavy atom. The highest BCUT2D eigenvalue weighted by Crippen LogP contribution is 2.21. The van der Waals surface area contributed by atoms with Gasteiger partial charge in [-0.2, -0.15) is 0 Å². The van der Waals surface area contributed by atoms with Gasteiger partial charge in [-0.05, 0) is 56.0 Å². The van der Waals surface area contributed by atoms with Crippen LogP contribution < -0.4 is 10.1 Å². The zero-order valence-electron chi connectivity index (χ0n) is 18.2. The van der Waals surface area contributed by atoms with Crippen LogP contribution in [-0.4, -0.2) is 35.9 Å². The second-order valence-corrected chi connectivity index (χ2v) is 7.83. The number of halogens is 1. The average Bonchev–Trinajstić information content (AvgIpc) is 2.72. The van der Waals surface area contributed by atoms with E-state index in [2.05, 4.69) is 5.32 Å². The van der Waals surface area contributed by atoms with Crippen LogP contribution in [0.15, 0.2) is 42.5 Å². The Balaban J connectivity index is 2.20. The largest absolute Gasteiger partial charge is 0.484 e. The predicted molar refractivity (Wildman–Crippen MR) is 121 cm³/mol. The Kier molecular flexibility index (Phi) is 9.18. The van der Waals surface area contributed by atoms with Crippen molar-refractivity contribution in [1.82, 2.24) is 10.2 Å². The normalized spacial score (nSPS) is 11.6. The molecule has 0 spiro atoms. The Labute approximate surface area is 184 Å². The molecule has 0 heterocycles. The van der Waals surface area contributed by atoms with E-state index in [9.17, 15) is 9.59 Å². The van der Waals surface area contributed by atoms with Gasteiger partial charge in [-0.15, -0.1) is 0 Å². The molecule has 6 heteroatoms. The monoisotopic (exact) mass is 430 g/mol. The zero-order chi connectivity index (χ0) is 22.1. The van der Waals surface area contributed by atoms with E-state index in [0.29, 0.717) is 30.3 Å². The van der Waals surface area contributed by atoms with E-state index in [1.807, 2.05) is 52.0 Å². The van der Waals surface area contributed by atoms with Gasteiger partial charge in [-0.25, -0.2) is 0 Å². The molecule has 2 aromatic carbocycles. The van der Waals surface area contributed by atoms with Crippen molar-refractivity contribution in [2.24, 2.45) is 0 Å². The molecule has 1 N–H and O–H groups in total. The molecule has 0 aliphatic heterocycles. The summed E-state index contributed by atoms with van der Waals surface area (Å²) in [6.07, 6.45) is 1.36. The summed E-state index contributed by atoms with van der Waals surface area (Å²) < 4.78 is 5.72.